The van der Waals surface area contributed by atoms with Crippen molar-refractivity contribution in [1.29, 1.82) is 0 Å². The number of rotatable bonds is 2. The van der Waals surface area contributed by atoms with Crippen molar-refractivity contribution in [3.8, 4) is 0 Å². The highest BCUT2D eigenvalue weighted by molar-refractivity contribution is 5.81. The summed E-state index contributed by atoms with van der Waals surface area (Å²) in [5.41, 5.74) is 7.04. The minimum absolute atomic E-state index is 0.218. The summed E-state index contributed by atoms with van der Waals surface area (Å²) in [5.74, 6) is 0. The third kappa shape index (κ3) is 1.47. The Bertz CT molecular complexity index is 437. The molecule has 3 nitrogen and oxygen atoms in total. The molecule has 0 amide bonds. The van der Waals surface area contributed by atoms with E-state index in [4.69, 9.17) is 5.73 Å². The minimum Gasteiger partial charge on any atom is -0.387 e. The number of aliphatic hydroxyl groups is 1. The second-order valence-electron chi connectivity index (χ2n) is 3.17. The molecule has 2 aromatic rings. The highest BCUT2D eigenvalue weighted by Crippen LogP contribution is 2.21. The van der Waals surface area contributed by atoms with Gasteiger partial charge in [-0.1, -0.05) is 24.3 Å². The van der Waals surface area contributed by atoms with E-state index >= 15 is 0 Å². The van der Waals surface area contributed by atoms with Gasteiger partial charge in [-0.3, -0.25) is 4.98 Å². The summed E-state index contributed by atoms with van der Waals surface area (Å²) >= 11 is 0. The fourth-order valence-corrected chi connectivity index (χ4v) is 1.52. The molecule has 0 aliphatic heterocycles. The molecule has 0 saturated carbocycles. The number of hydrogen-bond donors (Lipinski definition) is 2. The molecule has 3 heteroatoms. The first kappa shape index (κ1) is 9.12. The van der Waals surface area contributed by atoms with E-state index in [-0.39, 0.29) is 6.54 Å². The SMILES string of the molecule is NCC(O)c1cccc2cccnc12. The number of fused-ring (bicyclic) bond motifs is 1. The van der Waals surface area contributed by atoms with Crippen LogP contribution in [0.3, 0.4) is 0 Å². The van der Waals surface area contributed by atoms with Gasteiger partial charge in [0.25, 0.3) is 0 Å². The van der Waals surface area contributed by atoms with E-state index in [0.29, 0.717) is 0 Å². The molecule has 2 rings (SSSR count). The van der Waals surface area contributed by atoms with Crippen LogP contribution in [-0.2, 0) is 0 Å². The summed E-state index contributed by atoms with van der Waals surface area (Å²) in [6, 6.07) is 9.57. The lowest BCUT2D eigenvalue weighted by Gasteiger charge is -2.10. The average molecular weight is 188 g/mol. The zero-order valence-electron chi connectivity index (χ0n) is 7.72. The topological polar surface area (TPSA) is 59.1 Å². The summed E-state index contributed by atoms with van der Waals surface area (Å²) in [6.07, 6.45) is 1.09. The van der Waals surface area contributed by atoms with E-state index in [0.717, 1.165) is 16.5 Å². The molecule has 1 aromatic heterocycles. The number of nitrogens with zero attached hydrogens (tertiary/aromatic N) is 1. The molecule has 14 heavy (non-hydrogen) atoms. The minimum atomic E-state index is -0.631. The van der Waals surface area contributed by atoms with Gasteiger partial charge in [0.1, 0.15) is 0 Å². The fourth-order valence-electron chi connectivity index (χ4n) is 1.52. The summed E-state index contributed by atoms with van der Waals surface area (Å²) < 4.78 is 0. The Morgan fingerprint density at radius 1 is 1.29 bits per heavy atom. The van der Waals surface area contributed by atoms with E-state index in [1.54, 1.807) is 6.20 Å². The Morgan fingerprint density at radius 3 is 2.86 bits per heavy atom. The summed E-state index contributed by atoms with van der Waals surface area (Å²) in [5, 5.41) is 10.7. The molecule has 1 unspecified atom stereocenters. The van der Waals surface area contributed by atoms with Crippen LogP contribution >= 0.6 is 0 Å². The van der Waals surface area contributed by atoms with Gasteiger partial charge in [0, 0.05) is 23.7 Å². The second kappa shape index (κ2) is 3.74. The van der Waals surface area contributed by atoms with Crippen LogP contribution in [0.25, 0.3) is 10.9 Å². The lowest BCUT2D eigenvalue weighted by atomic mass is 10.1. The molecule has 3 N–H and O–H groups in total. The van der Waals surface area contributed by atoms with Crippen molar-refractivity contribution in [3.05, 3.63) is 42.1 Å². The first-order valence-electron chi connectivity index (χ1n) is 4.54. The van der Waals surface area contributed by atoms with Gasteiger partial charge in [-0.2, -0.15) is 0 Å². The highest BCUT2D eigenvalue weighted by atomic mass is 16.3. The fraction of sp³-hybridized carbons (Fsp3) is 0.182. The van der Waals surface area contributed by atoms with Gasteiger partial charge in [-0.05, 0) is 6.07 Å². The van der Waals surface area contributed by atoms with Gasteiger partial charge in [0.05, 0.1) is 11.6 Å². The predicted molar refractivity (Wildman–Crippen MR) is 55.8 cm³/mol. The molecule has 72 valence electrons. The number of aliphatic hydroxyl groups excluding tert-OH is 1. The van der Waals surface area contributed by atoms with Crippen LogP contribution in [0.5, 0.6) is 0 Å². The third-order valence-electron chi connectivity index (χ3n) is 2.25. The van der Waals surface area contributed by atoms with Gasteiger partial charge < -0.3 is 10.8 Å². The van der Waals surface area contributed by atoms with E-state index in [1.807, 2.05) is 30.3 Å². The van der Waals surface area contributed by atoms with Gasteiger partial charge in [-0.25, -0.2) is 0 Å². The number of benzene rings is 1. The van der Waals surface area contributed by atoms with Crippen molar-refractivity contribution in [2.24, 2.45) is 5.73 Å². The van der Waals surface area contributed by atoms with Crippen LogP contribution in [0.15, 0.2) is 36.5 Å². The number of pyridine rings is 1. The largest absolute Gasteiger partial charge is 0.387 e. The van der Waals surface area contributed by atoms with Gasteiger partial charge in [0.15, 0.2) is 0 Å². The smallest absolute Gasteiger partial charge is 0.0933 e. The van der Waals surface area contributed by atoms with Crippen molar-refractivity contribution < 1.29 is 5.11 Å². The number of para-hydroxylation sites is 1. The Morgan fingerprint density at radius 2 is 2.07 bits per heavy atom. The Hall–Kier alpha value is -1.45. The second-order valence-corrected chi connectivity index (χ2v) is 3.17. The van der Waals surface area contributed by atoms with Gasteiger partial charge in [-0.15, -0.1) is 0 Å². The van der Waals surface area contributed by atoms with Crippen LogP contribution < -0.4 is 5.73 Å². The molecule has 0 saturated heterocycles. The molecule has 0 fully saturated rings. The molecule has 0 aliphatic rings. The molecule has 1 aromatic carbocycles. The number of hydrogen-bond acceptors (Lipinski definition) is 3. The Labute approximate surface area is 82.2 Å². The van der Waals surface area contributed by atoms with Crippen molar-refractivity contribution in [2.45, 2.75) is 6.10 Å². The van der Waals surface area contributed by atoms with Crippen LogP contribution in [0.4, 0.5) is 0 Å². The van der Waals surface area contributed by atoms with Crippen LogP contribution in [-0.4, -0.2) is 16.6 Å². The summed E-state index contributed by atoms with van der Waals surface area (Å²) in [6.45, 7) is 0.218. The van der Waals surface area contributed by atoms with Crippen LogP contribution in [0.2, 0.25) is 0 Å². The highest BCUT2D eigenvalue weighted by Gasteiger charge is 2.09. The normalized spacial score (nSPS) is 13.0. The molecular formula is C11H12N2O. The molecule has 0 radical (unpaired) electrons. The first-order chi connectivity index (χ1) is 6.83. The molecular weight excluding hydrogens is 176 g/mol. The van der Waals surface area contributed by atoms with Crippen molar-refractivity contribution >= 4 is 10.9 Å². The van der Waals surface area contributed by atoms with Crippen molar-refractivity contribution in [2.75, 3.05) is 6.54 Å². The van der Waals surface area contributed by atoms with Gasteiger partial charge in [0.2, 0.25) is 0 Å². The monoisotopic (exact) mass is 188 g/mol. The molecule has 1 atom stereocenters. The first-order valence-corrected chi connectivity index (χ1v) is 4.54. The zero-order chi connectivity index (χ0) is 9.97. The van der Waals surface area contributed by atoms with Crippen LogP contribution in [0, 0.1) is 0 Å². The quantitative estimate of drug-likeness (QED) is 0.745. The van der Waals surface area contributed by atoms with E-state index in [1.165, 1.54) is 0 Å². The number of aromatic nitrogens is 1. The van der Waals surface area contributed by atoms with Gasteiger partial charge >= 0.3 is 0 Å². The van der Waals surface area contributed by atoms with Crippen LogP contribution in [0.1, 0.15) is 11.7 Å². The summed E-state index contributed by atoms with van der Waals surface area (Å²) in [4.78, 5) is 4.23. The third-order valence-corrected chi connectivity index (χ3v) is 2.25. The molecule has 0 spiro atoms. The predicted octanol–water partition coefficient (Wildman–Crippen LogP) is 1.23. The molecule has 0 aliphatic carbocycles. The maximum Gasteiger partial charge on any atom is 0.0933 e. The van der Waals surface area contributed by atoms with E-state index in [2.05, 4.69) is 4.98 Å². The lowest BCUT2D eigenvalue weighted by molar-refractivity contribution is 0.188. The lowest BCUT2D eigenvalue weighted by Crippen LogP contribution is -2.12. The average Bonchev–Trinajstić information content (AvgIpc) is 2.27. The molecule has 1 heterocycles. The maximum atomic E-state index is 9.66. The van der Waals surface area contributed by atoms with E-state index < -0.39 is 6.10 Å². The van der Waals surface area contributed by atoms with Crippen molar-refractivity contribution in [1.82, 2.24) is 4.98 Å². The maximum absolute atomic E-state index is 9.66. The number of nitrogens with two attached hydrogens (primary N) is 1. The standard InChI is InChI=1S/C11H12N2O/c12-7-10(14)9-5-1-3-8-4-2-6-13-11(8)9/h1-6,10,14H,7,12H2. The zero-order valence-corrected chi connectivity index (χ0v) is 7.72. The van der Waals surface area contributed by atoms with E-state index in [9.17, 15) is 5.11 Å². The Kier molecular flexibility index (Phi) is 2.43. The molecule has 0 bridgehead atoms. The van der Waals surface area contributed by atoms with Crippen molar-refractivity contribution in [3.63, 3.8) is 0 Å². The summed E-state index contributed by atoms with van der Waals surface area (Å²) in [7, 11) is 0. The Balaban J connectivity index is 2.65.